The van der Waals surface area contributed by atoms with Gasteiger partial charge in [0.2, 0.25) is 5.82 Å². The van der Waals surface area contributed by atoms with E-state index in [2.05, 4.69) is 93.2 Å². The number of halogens is 33. The Kier molecular flexibility index (Phi) is 42.7. The highest BCUT2D eigenvalue weighted by Crippen LogP contribution is 2.43. The Bertz CT molecular complexity index is 6560. The van der Waals surface area contributed by atoms with Crippen LogP contribution in [-0.2, 0) is 69.2 Å². The maximum Gasteiger partial charge on any atom is 0.417 e. The van der Waals surface area contributed by atoms with E-state index < -0.39 is 310 Å². The van der Waals surface area contributed by atoms with E-state index in [9.17, 15) is 174 Å². The van der Waals surface area contributed by atoms with E-state index in [1.54, 1.807) is 18.4 Å². The molecule has 0 spiro atoms. The second-order valence-electron chi connectivity index (χ2n) is 28.3. The molecular weight excluding hydrogens is 2060 g/mol. The van der Waals surface area contributed by atoms with E-state index in [4.69, 9.17) is 18.9 Å². The largest absolute Gasteiger partial charge is 0.498 e. The lowest BCUT2D eigenvalue weighted by Gasteiger charge is -2.19. The molecule has 3 aliphatic heterocycles. The van der Waals surface area contributed by atoms with Crippen LogP contribution in [0.5, 0.6) is 5.75 Å². The van der Waals surface area contributed by atoms with Crippen LogP contribution in [0.25, 0.3) is 38.4 Å². The lowest BCUT2D eigenvalue weighted by Crippen LogP contribution is -2.23. The number of benzene rings is 10. The Labute approximate surface area is 798 Å². The van der Waals surface area contributed by atoms with Crippen molar-refractivity contribution >= 4 is 74.2 Å². The smallest absolute Gasteiger partial charge is 0.417 e. The predicted molar refractivity (Wildman–Crippen MR) is 439 cm³/mol. The minimum atomic E-state index is -5.14. The first kappa shape index (κ1) is 117. The number of aryl methyl sites for hydroxylation is 1. The lowest BCUT2D eigenvalue weighted by atomic mass is 9.97. The van der Waals surface area contributed by atoms with E-state index in [0.29, 0.717) is 37.8 Å². The maximum absolute atomic E-state index is 14.4. The summed E-state index contributed by atoms with van der Waals surface area (Å²) in [5.41, 5.74) is -11.8. The van der Waals surface area contributed by atoms with Crippen molar-refractivity contribution in [2.45, 2.75) is 57.2 Å². The lowest BCUT2D eigenvalue weighted by molar-refractivity contribution is -0.144. The van der Waals surface area contributed by atoms with E-state index in [1.807, 2.05) is 18.2 Å². The van der Waals surface area contributed by atoms with Crippen molar-refractivity contribution in [1.82, 2.24) is 0 Å². The highest BCUT2D eigenvalue weighted by molar-refractivity contribution is 6.00. The minimum Gasteiger partial charge on any atom is -0.498 e. The van der Waals surface area contributed by atoms with Crippen molar-refractivity contribution in [2.24, 2.45) is 0 Å². The Morgan fingerprint density at radius 3 is 0.966 bits per heavy atom. The number of ether oxygens (including phenoxy) is 13. The second-order valence-corrected chi connectivity index (χ2v) is 28.3. The van der Waals surface area contributed by atoms with Crippen LogP contribution in [0.2, 0.25) is 0 Å². The molecule has 3 aliphatic rings. The molecule has 3 heterocycles. The molecule has 146 heavy (non-hydrogen) atoms. The minimum absolute atomic E-state index is 0.00225. The van der Waals surface area contributed by atoms with Gasteiger partial charge in [-0.3, -0.25) is 0 Å². The summed E-state index contributed by atoms with van der Waals surface area (Å²) in [6, 6.07) is 13.3. The Morgan fingerprint density at radius 1 is 0.336 bits per heavy atom. The Balaban J connectivity index is 0.000000233. The quantitative estimate of drug-likeness (QED) is 0.00682. The molecule has 0 amide bonds. The van der Waals surface area contributed by atoms with E-state index in [1.165, 1.54) is 34.9 Å². The average Bonchev–Trinajstić information content (AvgIpc) is 0.733. The van der Waals surface area contributed by atoms with Gasteiger partial charge in [-0.15, -0.1) is 6.58 Å². The van der Waals surface area contributed by atoms with Crippen LogP contribution in [0.4, 0.5) is 145 Å². The molecule has 0 aliphatic carbocycles. The summed E-state index contributed by atoms with van der Waals surface area (Å²) in [5, 5.41) is -4.64. The molecule has 19 nitrogen and oxygen atoms in total. The predicted octanol–water partition coefficient (Wildman–Crippen LogP) is 24.7. The number of esters is 6. The van der Waals surface area contributed by atoms with Crippen LogP contribution in [0, 0.1) is 164 Å². The van der Waals surface area contributed by atoms with Gasteiger partial charge in [0.25, 0.3) is 0 Å². The number of hydrogen-bond acceptors (Lipinski definition) is 19. The van der Waals surface area contributed by atoms with Crippen LogP contribution in [0.15, 0.2) is 143 Å². The van der Waals surface area contributed by atoms with Crippen molar-refractivity contribution < 1.29 is 235 Å². The molecular formula is C94H63F33O19. The fourth-order valence-corrected chi connectivity index (χ4v) is 12.2. The van der Waals surface area contributed by atoms with Gasteiger partial charge in [0.05, 0.1) is 89.0 Å². The standard InChI is InChI=1S/C17H9F7O3.C16H9F7O3.C14H12F6O3.C13H10F4O3.C12H8O.C11H7F5O3.C11H8F4O3/c18-10-7-8(13(21)16(24)15(23)12(7)20)11(19)14(22)9(10)17(25)27-5-6-3-1-2-4-26-6;1-2-3-25-4-5-26-16(24)8-9(17)6-7(10(18)13(8)21)12(20)15(23)14(22)11(6)19;1-3-22-4-5-23-12(21)11-9(13(15,16)17)6-8(2)7-10(11)14(18,19)20;14-8-5-9(15)12(17)10(11(8)16)13(18)20-6-7-3-1-2-4-19-7;1-3-9-5-2-6-11-12(9)10(4-1)7-8-13-11;1-2-18-3-4-19-11(17)5-6(12)8(14)10(16)9(15)7(5)13;1-2-17-3-4-18-11(16)8-9(14)6(12)5-7(13)10(8)15/h2,4,6H,1,3,5H2;2H,1,3-5H2;3,6-7H,1,4-5H2,2H3;2,4-5,7H,1,3,6H2;1-8H;2H,1,3-4H2;2,5H,1,3-4H2. The molecule has 784 valence electrons. The molecule has 0 bridgehead atoms. The van der Waals surface area contributed by atoms with Gasteiger partial charge in [0.1, 0.15) is 105 Å². The monoisotopic (exact) mass is 2120 g/mol. The average molecular weight is 2120 g/mol. The molecule has 0 saturated carbocycles. The molecule has 10 aromatic rings. The fraction of sp³-hybridized carbons (Fsp3) is 0.213. The maximum atomic E-state index is 14.4. The number of carbonyl (C=O) groups excluding carboxylic acids is 6. The molecule has 0 N–H and O–H groups in total. The van der Waals surface area contributed by atoms with Gasteiger partial charge in [-0.25, -0.2) is 147 Å². The van der Waals surface area contributed by atoms with Gasteiger partial charge < -0.3 is 61.6 Å². The highest BCUT2D eigenvalue weighted by Gasteiger charge is 2.45. The summed E-state index contributed by atoms with van der Waals surface area (Å²) >= 11 is 0. The SMILES string of the molecule is C1=Cc2cccc3cccc(c23)O1.C=CCOCCOC(=O)c1c(F)c(F)c2c(F)c(F)c(F)c(F)c2c1F.C=COCCOC(=O)c1c(C(F)(F)F)cc(C)cc1C(F)(F)F.C=COCCOC(=O)c1c(F)c(F)c(F)c(F)c1F.C=COCCOC(=O)c1c(F)c(F)cc(F)c1F.O=C(OCC1CCC=CO1)c1c(F)c(F)c2c(F)c(F)c(F)c(F)c2c1F.O=C(OCC1CCC=CO1)c1c(F)c(F)cc(F)c1F. The van der Waals surface area contributed by atoms with Crippen LogP contribution in [0.1, 0.15) is 110 Å². The fourth-order valence-electron chi connectivity index (χ4n) is 12.2. The molecule has 0 fully saturated rings. The second kappa shape index (κ2) is 53.1. The molecule has 0 radical (unpaired) electrons. The number of fused-ring (bicyclic) bond motifs is 2. The van der Waals surface area contributed by atoms with Gasteiger partial charge >= 0.3 is 48.2 Å². The van der Waals surface area contributed by atoms with Crippen molar-refractivity contribution in [3.8, 4) is 5.75 Å². The van der Waals surface area contributed by atoms with E-state index in [-0.39, 0.29) is 63.9 Å². The topological polar surface area (TPSA) is 222 Å². The third-order valence-electron chi connectivity index (χ3n) is 18.8. The first-order valence-electron chi connectivity index (χ1n) is 40.3. The zero-order valence-corrected chi connectivity index (χ0v) is 73.4. The summed E-state index contributed by atoms with van der Waals surface area (Å²) in [5.74, 6) is -66.4. The highest BCUT2D eigenvalue weighted by atomic mass is 19.4. The third-order valence-corrected chi connectivity index (χ3v) is 18.8. The third kappa shape index (κ3) is 28.7. The van der Waals surface area contributed by atoms with Gasteiger partial charge in [-0.1, -0.05) is 56.1 Å². The first-order chi connectivity index (χ1) is 68.8. The van der Waals surface area contributed by atoms with Crippen molar-refractivity contribution in [3.63, 3.8) is 0 Å². The van der Waals surface area contributed by atoms with Crippen LogP contribution >= 0.6 is 0 Å². The first-order valence-corrected chi connectivity index (χ1v) is 40.3. The van der Waals surface area contributed by atoms with Gasteiger partial charge in [-0.05, 0) is 85.5 Å². The number of allylic oxidation sites excluding steroid dienone is 2. The summed E-state index contributed by atoms with van der Waals surface area (Å²) in [7, 11) is 0. The number of carbonyl (C=O) groups is 6. The molecule has 2 atom stereocenters. The summed E-state index contributed by atoms with van der Waals surface area (Å²) < 4.78 is 501. The van der Waals surface area contributed by atoms with E-state index in [0.717, 1.165) is 31.5 Å². The molecule has 52 heteroatoms. The van der Waals surface area contributed by atoms with Crippen LogP contribution in [0.3, 0.4) is 0 Å². The molecule has 0 saturated heterocycles. The van der Waals surface area contributed by atoms with Gasteiger partial charge in [0, 0.05) is 17.5 Å². The van der Waals surface area contributed by atoms with Gasteiger partial charge in [0.15, 0.2) is 151 Å². The number of alkyl halides is 6. The van der Waals surface area contributed by atoms with E-state index >= 15 is 0 Å². The Hall–Kier alpha value is -15.6. The summed E-state index contributed by atoms with van der Waals surface area (Å²) in [4.78, 5) is 69.4. The van der Waals surface area contributed by atoms with Crippen molar-refractivity contribution in [2.75, 3.05) is 72.7 Å². The van der Waals surface area contributed by atoms with Crippen molar-refractivity contribution in [1.29, 1.82) is 0 Å². The van der Waals surface area contributed by atoms with Gasteiger partial charge in [-0.2, -0.15) is 26.3 Å². The molecule has 0 aromatic heterocycles. The number of rotatable bonds is 27. The van der Waals surface area contributed by atoms with Crippen molar-refractivity contribution in [3.05, 3.63) is 355 Å². The number of hydrogen-bond donors (Lipinski definition) is 0. The molecule has 13 rings (SSSR count). The van der Waals surface area contributed by atoms with Crippen LogP contribution in [-0.4, -0.2) is 121 Å². The zero-order chi connectivity index (χ0) is 109. The van der Waals surface area contributed by atoms with Crippen LogP contribution < -0.4 is 4.74 Å². The normalized spacial score (nSPS) is 13.0. The summed E-state index contributed by atoms with van der Waals surface area (Å²) in [6.45, 7) is 10.8. The zero-order valence-electron chi connectivity index (χ0n) is 73.4. The summed E-state index contributed by atoms with van der Waals surface area (Å²) in [6.07, 6.45) is 5.28. The Morgan fingerprint density at radius 2 is 0.630 bits per heavy atom. The molecule has 10 aromatic carbocycles. The molecule has 2 unspecified atom stereocenters.